The minimum absolute atomic E-state index is 0.0815. The fraction of sp³-hybridized carbons (Fsp3) is 0.435. The van der Waals surface area contributed by atoms with Crippen molar-refractivity contribution in [3.05, 3.63) is 59.0 Å². The molecule has 182 valence electrons. The summed E-state index contributed by atoms with van der Waals surface area (Å²) in [6.07, 6.45) is -0.703. The molecule has 0 aliphatic rings. The number of alkyl carbamates (subject to hydrolysis) is 1. The Morgan fingerprint density at radius 3 is 2.44 bits per heavy atom. The van der Waals surface area contributed by atoms with E-state index in [1.54, 1.807) is 46.8 Å². The number of ether oxygens (including phenoxy) is 2. The molecule has 0 radical (unpaired) electrons. The number of fused-ring (bicyclic) bond motifs is 1. The zero-order valence-corrected chi connectivity index (χ0v) is 20.6. The first-order valence-corrected chi connectivity index (χ1v) is 11.1. The van der Waals surface area contributed by atoms with E-state index in [2.05, 4.69) is 25.9 Å². The summed E-state index contributed by atoms with van der Waals surface area (Å²) in [4.78, 5) is 25.4. The normalized spacial score (nSPS) is 12.9. The van der Waals surface area contributed by atoms with Crippen molar-refractivity contribution in [2.45, 2.75) is 58.4 Å². The van der Waals surface area contributed by atoms with Gasteiger partial charge in [0.25, 0.3) is 0 Å². The van der Waals surface area contributed by atoms with Crippen molar-refractivity contribution in [1.29, 1.82) is 0 Å². The van der Waals surface area contributed by atoms with Gasteiger partial charge in [-0.2, -0.15) is 9.61 Å². The molecule has 0 spiro atoms. The van der Waals surface area contributed by atoms with Crippen LogP contribution < -0.4 is 10.6 Å². The summed E-state index contributed by atoms with van der Waals surface area (Å²) < 4.78 is 12.6. The first-order chi connectivity index (χ1) is 15.9. The summed E-state index contributed by atoms with van der Waals surface area (Å²) in [6, 6.07) is 12.2. The average Bonchev–Trinajstić information content (AvgIpc) is 3.14. The highest BCUT2D eigenvalue weighted by molar-refractivity contribution is 6.29. The summed E-state index contributed by atoms with van der Waals surface area (Å²) in [5, 5.41) is 18.3. The molecule has 1 atom stereocenters. The highest BCUT2D eigenvalue weighted by Crippen LogP contribution is 2.17. The van der Waals surface area contributed by atoms with Crippen LogP contribution in [0.5, 0.6) is 0 Å². The topological polar surface area (TPSA) is 120 Å². The number of nitrogens with zero attached hydrogens (tertiary/aromatic N) is 4. The van der Waals surface area contributed by atoms with Crippen LogP contribution in [0.25, 0.3) is 5.65 Å². The number of carbonyl (C=O) groups excluding carboxylic acids is 2. The molecule has 2 N–H and O–H groups in total. The average molecular weight is 489 g/mol. The van der Waals surface area contributed by atoms with E-state index in [9.17, 15) is 9.59 Å². The molecular weight excluding hydrogens is 460 g/mol. The van der Waals surface area contributed by atoms with Gasteiger partial charge in [-0.1, -0.05) is 41.9 Å². The van der Waals surface area contributed by atoms with Gasteiger partial charge in [-0.3, -0.25) is 4.79 Å². The molecular formula is C23H29ClN6O4. The van der Waals surface area contributed by atoms with Crippen LogP contribution in [-0.2, 0) is 20.9 Å². The van der Waals surface area contributed by atoms with E-state index in [-0.39, 0.29) is 11.8 Å². The van der Waals surface area contributed by atoms with E-state index in [0.29, 0.717) is 18.1 Å². The molecule has 3 rings (SSSR count). The van der Waals surface area contributed by atoms with Gasteiger partial charge in [0.05, 0.1) is 13.2 Å². The zero-order chi connectivity index (χ0) is 24.9. The number of carbonyl (C=O) groups is 2. The van der Waals surface area contributed by atoms with Crippen LogP contribution >= 0.6 is 11.6 Å². The van der Waals surface area contributed by atoms with Crippen LogP contribution in [0, 0.1) is 0 Å². The van der Waals surface area contributed by atoms with Crippen molar-refractivity contribution in [2.75, 3.05) is 6.61 Å². The fourth-order valence-corrected chi connectivity index (χ4v) is 3.14. The number of aromatic nitrogens is 4. The molecule has 2 aromatic heterocycles. The van der Waals surface area contributed by atoms with E-state index in [1.807, 2.05) is 30.3 Å². The molecule has 0 aliphatic carbocycles. The predicted octanol–water partition coefficient (Wildman–Crippen LogP) is 3.46. The number of rotatable bonds is 8. The van der Waals surface area contributed by atoms with Crippen LogP contribution in [0.2, 0.25) is 5.15 Å². The van der Waals surface area contributed by atoms with Crippen molar-refractivity contribution in [1.82, 2.24) is 30.4 Å². The van der Waals surface area contributed by atoms with Crippen LogP contribution in [-0.4, -0.2) is 49.6 Å². The molecule has 2 amide bonds. The van der Waals surface area contributed by atoms with Gasteiger partial charge in [-0.15, -0.1) is 10.2 Å². The highest BCUT2D eigenvalue weighted by Gasteiger charge is 2.34. The van der Waals surface area contributed by atoms with Gasteiger partial charge in [-0.25, -0.2) is 4.79 Å². The number of benzene rings is 1. The Labute approximate surface area is 203 Å². The van der Waals surface area contributed by atoms with Crippen molar-refractivity contribution < 1.29 is 19.1 Å². The van der Waals surface area contributed by atoms with E-state index in [1.165, 1.54) is 4.52 Å². The lowest BCUT2D eigenvalue weighted by Crippen LogP contribution is -2.56. The Bertz CT molecular complexity index is 1140. The minimum Gasteiger partial charge on any atom is -0.444 e. The summed E-state index contributed by atoms with van der Waals surface area (Å²) in [6.45, 7) is 8.79. The third-order valence-corrected chi connectivity index (χ3v) is 4.85. The molecule has 34 heavy (non-hydrogen) atoms. The second-order valence-electron chi connectivity index (χ2n) is 9.26. The van der Waals surface area contributed by atoms with Crippen LogP contribution in [0.4, 0.5) is 4.79 Å². The summed E-state index contributed by atoms with van der Waals surface area (Å²) in [7, 11) is 0. The van der Waals surface area contributed by atoms with E-state index < -0.39 is 29.2 Å². The molecule has 1 aromatic carbocycles. The molecule has 2 heterocycles. The molecule has 0 fully saturated rings. The van der Waals surface area contributed by atoms with E-state index in [0.717, 1.165) is 5.56 Å². The summed E-state index contributed by atoms with van der Waals surface area (Å²) in [5.41, 5.74) is -0.541. The molecule has 0 saturated heterocycles. The maximum absolute atomic E-state index is 13.2. The van der Waals surface area contributed by atoms with Crippen molar-refractivity contribution in [3.63, 3.8) is 0 Å². The zero-order valence-electron chi connectivity index (χ0n) is 19.8. The SMILES string of the molecule is CC(C)(C)OC(=O)NC(C)(C)C(=O)NC(COCc1ccccc1)c1nnc2ccc(Cl)nn12. The monoisotopic (exact) mass is 488 g/mol. The smallest absolute Gasteiger partial charge is 0.408 e. The lowest BCUT2D eigenvalue weighted by Gasteiger charge is -2.29. The number of halogens is 1. The van der Waals surface area contributed by atoms with Gasteiger partial charge in [0, 0.05) is 0 Å². The van der Waals surface area contributed by atoms with E-state index in [4.69, 9.17) is 21.1 Å². The van der Waals surface area contributed by atoms with Gasteiger partial charge in [-0.05, 0) is 52.3 Å². The third kappa shape index (κ3) is 6.88. The molecule has 0 bridgehead atoms. The third-order valence-electron chi connectivity index (χ3n) is 4.65. The van der Waals surface area contributed by atoms with Gasteiger partial charge in [0.15, 0.2) is 11.5 Å². The Hall–Kier alpha value is -3.24. The molecule has 10 nitrogen and oxygen atoms in total. The quantitative estimate of drug-likeness (QED) is 0.498. The summed E-state index contributed by atoms with van der Waals surface area (Å²) in [5.74, 6) is -0.127. The lowest BCUT2D eigenvalue weighted by atomic mass is 10.0. The van der Waals surface area contributed by atoms with Crippen LogP contribution in [0.15, 0.2) is 42.5 Å². The maximum Gasteiger partial charge on any atom is 0.408 e. The number of amides is 2. The second-order valence-corrected chi connectivity index (χ2v) is 9.65. The van der Waals surface area contributed by atoms with Gasteiger partial charge < -0.3 is 20.1 Å². The van der Waals surface area contributed by atoms with Crippen molar-refractivity contribution in [3.8, 4) is 0 Å². The van der Waals surface area contributed by atoms with Crippen LogP contribution in [0.3, 0.4) is 0 Å². The fourth-order valence-electron chi connectivity index (χ4n) is 3.00. The van der Waals surface area contributed by atoms with E-state index >= 15 is 0 Å². The van der Waals surface area contributed by atoms with Gasteiger partial charge >= 0.3 is 6.09 Å². The largest absolute Gasteiger partial charge is 0.444 e. The number of nitrogens with one attached hydrogen (secondary N) is 2. The number of hydrogen-bond donors (Lipinski definition) is 2. The van der Waals surface area contributed by atoms with Crippen molar-refractivity contribution in [2.24, 2.45) is 0 Å². The Morgan fingerprint density at radius 1 is 1.06 bits per heavy atom. The number of hydrogen-bond acceptors (Lipinski definition) is 7. The Kier molecular flexibility index (Phi) is 7.73. The predicted molar refractivity (Wildman–Crippen MR) is 126 cm³/mol. The standard InChI is InChI=1S/C23H29ClN6O4/c1-22(2,3)34-21(32)26-23(4,5)20(31)25-16(14-33-13-15-9-7-6-8-10-15)19-28-27-18-12-11-17(24)29-30(18)19/h6-12,16H,13-14H2,1-5H3,(H,25,31)(H,26,32). The molecule has 1 unspecified atom stereocenters. The first kappa shape index (κ1) is 25.4. The molecule has 0 aliphatic heterocycles. The molecule has 11 heteroatoms. The van der Waals surface area contributed by atoms with Crippen molar-refractivity contribution >= 4 is 29.2 Å². The summed E-state index contributed by atoms with van der Waals surface area (Å²) >= 11 is 6.06. The van der Waals surface area contributed by atoms with Gasteiger partial charge in [0.2, 0.25) is 5.91 Å². The van der Waals surface area contributed by atoms with Gasteiger partial charge in [0.1, 0.15) is 22.3 Å². The molecule has 0 saturated carbocycles. The minimum atomic E-state index is -1.29. The first-order valence-electron chi connectivity index (χ1n) is 10.8. The second kappa shape index (κ2) is 10.4. The lowest BCUT2D eigenvalue weighted by molar-refractivity contribution is -0.127. The Morgan fingerprint density at radius 2 is 1.76 bits per heavy atom. The molecule has 3 aromatic rings. The maximum atomic E-state index is 13.2. The Balaban J connectivity index is 1.79. The van der Waals surface area contributed by atoms with Crippen LogP contribution in [0.1, 0.15) is 52.0 Å². The highest BCUT2D eigenvalue weighted by atomic mass is 35.5.